The highest BCUT2D eigenvalue weighted by molar-refractivity contribution is 7.90. The van der Waals surface area contributed by atoms with Crippen molar-refractivity contribution in [2.24, 2.45) is 5.73 Å². The molecule has 0 unspecified atom stereocenters. The van der Waals surface area contributed by atoms with E-state index in [2.05, 4.69) is 4.72 Å². The number of sulfonamides is 1. The van der Waals surface area contributed by atoms with Gasteiger partial charge in [0.2, 0.25) is 10.0 Å². The second kappa shape index (κ2) is 4.80. The molecule has 0 spiro atoms. The van der Waals surface area contributed by atoms with Crippen LogP contribution in [0.15, 0.2) is 0 Å². The third-order valence-electron chi connectivity index (χ3n) is 3.10. The molecule has 0 atom stereocenters. The number of rotatable bonds is 4. The van der Waals surface area contributed by atoms with Crippen LogP contribution >= 0.6 is 0 Å². The fourth-order valence-electron chi connectivity index (χ4n) is 1.84. The largest absolute Gasteiger partial charge is 0.324 e. The molecule has 0 saturated heterocycles. The molecule has 1 fully saturated rings. The number of hydrogen-bond donors (Lipinski definition) is 2. The first-order chi connectivity index (χ1) is 6.86. The van der Waals surface area contributed by atoms with Crippen LogP contribution in [0.5, 0.6) is 0 Å². The van der Waals surface area contributed by atoms with Crippen LogP contribution in [-0.4, -0.2) is 25.8 Å². The van der Waals surface area contributed by atoms with Crippen LogP contribution in [0.3, 0.4) is 0 Å². The van der Waals surface area contributed by atoms with Gasteiger partial charge in [-0.1, -0.05) is 19.3 Å². The van der Waals surface area contributed by atoms with Gasteiger partial charge in [-0.2, -0.15) is 0 Å². The van der Waals surface area contributed by atoms with Crippen molar-refractivity contribution >= 4 is 10.0 Å². The fourth-order valence-corrected chi connectivity index (χ4v) is 2.67. The van der Waals surface area contributed by atoms with Crippen LogP contribution in [-0.2, 0) is 10.0 Å². The maximum Gasteiger partial charge on any atom is 0.213 e. The maximum atomic E-state index is 11.5. The zero-order valence-electron chi connectivity index (χ0n) is 9.62. The molecule has 90 valence electrons. The normalized spacial score (nSPS) is 21.9. The van der Waals surface area contributed by atoms with Crippen LogP contribution in [0, 0.1) is 0 Å². The predicted octanol–water partition coefficient (Wildman–Crippen LogP) is 0.976. The van der Waals surface area contributed by atoms with Gasteiger partial charge in [0.1, 0.15) is 0 Å². The standard InChI is InChI=1S/C10H22N2O2S/c1-9(2)15(13,14)12-8-10(11)6-4-3-5-7-10/h9,12H,3-8,11H2,1-2H3. The predicted molar refractivity (Wildman–Crippen MR) is 62.1 cm³/mol. The highest BCUT2D eigenvalue weighted by atomic mass is 32.2. The molecule has 0 aromatic rings. The van der Waals surface area contributed by atoms with Gasteiger partial charge in [0, 0.05) is 12.1 Å². The Bertz CT molecular complexity index is 293. The Balaban J connectivity index is 2.48. The Labute approximate surface area is 92.7 Å². The summed E-state index contributed by atoms with van der Waals surface area (Å²) in [6.07, 6.45) is 5.29. The van der Waals surface area contributed by atoms with E-state index in [9.17, 15) is 8.42 Å². The minimum absolute atomic E-state index is 0.319. The summed E-state index contributed by atoms with van der Waals surface area (Å²) in [6, 6.07) is 0. The smallest absolute Gasteiger partial charge is 0.213 e. The molecule has 1 rings (SSSR count). The fraction of sp³-hybridized carbons (Fsp3) is 1.00. The topological polar surface area (TPSA) is 72.2 Å². The molecule has 3 N–H and O–H groups in total. The third-order valence-corrected chi connectivity index (χ3v) is 4.88. The van der Waals surface area contributed by atoms with E-state index in [0.29, 0.717) is 6.54 Å². The quantitative estimate of drug-likeness (QED) is 0.761. The second-order valence-electron chi connectivity index (χ2n) is 4.84. The molecular weight excluding hydrogens is 212 g/mol. The number of nitrogens with one attached hydrogen (secondary N) is 1. The molecule has 5 heteroatoms. The molecule has 0 heterocycles. The van der Waals surface area contributed by atoms with Crippen LogP contribution in [0.25, 0.3) is 0 Å². The van der Waals surface area contributed by atoms with E-state index in [1.165, 1.54) is 6.42 Å². The SMILES string of the molecule is CC(C)S(=O)(=O)NCC1(N)CCCCC1. The van der Waals surface area contributed by atoms with Crippen LogP contribution < -0.4 is 10.5 Å². The van der Waals surface area contributed by atoms with Gasteiger partial charge in [0.05, 0.1) is 5.25 Å². The lowest BCUT2D eigenvalue weighted by atomic mass is 9.83. The van der Waals surface area contributed by atoms with Crippen molar-refractivity contribution < 1.29 is 8.42 Å². The molecular formula is C10H22N2O2S. The highest BCUT2D eigenvalue weighted by Gasteiger charge is 2.29. The third kappa shape index (κ3) is 3.74. The summed E-state index contributed by atoms with van der Waals surface area (Å²) < 4.78 is 25.7. The van der Waals surface area contributed by atoms with Crippen LogP contribution in [0.4, 0.5) is 0 Å². The van der Waals surface area contributed by atoms with E-state index in [1.54, 1.807) is 13.8 Å². The minimum atomic E-state index is -3.17. The summed E-state index contributed by atoms with van der Waals surface area (Å²) in [7, 11) is -3.17. The van der Waals surface area contributed by atoms with Crippen molar-refractivity contribution in [1.29, 1.82) is 0 Å². The van der Waals surface area contributed by atoms with Crippen molar-refractivity contribution in [2.45, 2.75) is 56.7 Å². The second-order valence-corrected chi connectivity index (χ2v) is 7.16. The molecule has 0 radical (unpaired) electrons. The average molecular weight is 234 g/mol. The highest BCUT2D eigenvalue weighted by Crippen LogP contribution is 2.25. The van der Waals surface area contributed by atoms with Crippen molar-refractivity contribution in [3.05, 3.63) is 0 Å². The summed E-state index contributed by atoms with van der Waals surface area (Å²) in [5.41, 5.74) is 5.82. The Kier molecular flexibility index (Phi) is 4.14. The monoisotopic (exact) mass is 234 g/mol. The molecule has 0 amide bonds. The van der Waals surface area contributed by atoms with Gasteiger partial charge in [-0.05, 0) is 26.7 Å². The van der Waals surface area contributed by atoms with E-state index in [4.69, 9.17) is 5.73 Å². The van der Waals surface area contributed by atoms with Crippen LogP contribution in [0.2, 0.25) is 0 Å². The molecule has 15 heavy (non-hydrogen) atoms. The number of nitrogens with two attached hydrogens (primary N) is 1. The van der Waals surface area contributed by atoms with Crippen molar-refractivity contribution in [2.75, 3.05) is 6.54 Å². The first-order valence-corrected chi connectivity index (χ1v) is 7.18. The van der Waals surface area contributed by atoms with E-state index in [0.717, 1.165) is 25.7 Å². The zero-order valence-corrected chi connectivity index (χ0v) is 10.4. The van der Waals surface area contributed by atoms with Gasteiger partial charge < -0.3 is 5.73 Å². The molecule has 1 saturated carbocycles. The Morgan fingerprint density at radius 1 is 1.27 bits per heavy atom. The van der Waals surface area contributed by atoms with E-state index in [-0.39, 0.29) is 10.8 Å². The summed E-state index contributed by atoms with van der Waals surface area (Å²) in [4.78, 5) is 0. The summed E-state index contributed by atoms with van der Waals surface area (Å²) in [5, 5.41) is -0.385. The molecule has 1 aliphatic carbocycles. The maximum absolute atomic E-state index is 11.5. The molecule has 0 aliphatic heterocycles. The Morgan fingerprint density at radius 3 is 2.27 bits per heavy atom. The Hall–Kier alpha value is -0.130. The van der Waals surface area contributed by atoms with Crippen molar-refractivity contribution in [3.63, 3.8) is 0 Å². The molecule has 0 aromatic carbocycles. The number of hydrogen-bond acceptors (Lipinski definition) is 3. The summed E-state index contributed by atoms with van der Waals surface area (Å²) >= 11 is 0. The van der Waals surface area contributed by atoms with Gasteiger partial charge in [0.15, 0.2) is 0 Å². The lowest BCUT2D eigenvalue weighted by Gasteiger charge is -2.33. The zero-order chi connectivity index (χ0) is 11.5. The molecule has 1 aliphatic rings. The Morgan fingerprint density at radius 2 is 1.80 bits per heavy atom. The summed E-state index contributed by atoms with van der Waals surface area (Å²) in [6.45, 7) is 3.73. The van der Waals surface area contributed by atoms with Gasteiger partial charge >= 0.3 is 0 Å². The lowest BCUT2D eigenvalue weighted by molar-refractivity contribution is 0.296. The van der Waals surface area contributed by atoms with Crippen molar-refractivity contribution in [1.82, 2.24) is 4.72 Å². The van der Waals surface area contributed by atoms with E-state index >= 15 is 0 Å². The first-order valence-electron chi connectivity index (χ1n) is 5.63. The molecule has 0 bridgehead atoms. The van der Waals surface area contributed by atoms with Crippen LogP contribution in [0.1, 0.15) is 46.0 Å². The average Bonchev–Trinajstić information content (AvgIpc) is 2.16. The lowest BCUT2D eigenvalue weighted by Crippen LogP contribution is -2.52. The van der Waals surface area contributed by atoms with Gasteiger partial charge in [0.25, 0.3) is 0 Å². The van der Waals surface area contributed by atoms with Gasteiger partial charge in [-0.15, -0.1) is 0 Å². The van der Waals surface area contributed by atoms with Gasteiger partial charge in [-0.25, -0.2) is 13.1 Å². The molecule has 4 nitrogen and oxygen atoms in total. The van der Waals surface area contributed by atoms with Gasteiger partial charge in [-0.3, -0.25) is 0 Å². The summed E-state index contributed by atoms with van der Waals surface area (Å²) in [5.74, 6) is 0. The van der Waals surface area contributed by atoms with E-state index < -0.39 is 10.0 Å². The minimum Gasteiger partial charge on any atom is -0.324 e. The molecule has 0 aromatic heterocycles. The van der Waals surface area contributed by atoms with E-state index in [1.807, 2.05) is 0 Å². The van der Waals surface area contributed by atoms with Crippen molar-refractivity contribution in [3.8, 4) is 0 Å². The first kappa shape index (κ1) is 12.9.